The summed E-state index contributed by atoms with van der Waals surface area (Å²) >= 11 is 0. The van der Waals surface area contributed by atoms with Crippen LogP contribution in [0.15, 0.2) is 303 Å². The maximum Gasteiger partial charge on any atom is 0.0714 e. The van der Waals surface area contributed by atoms with Gasteiger partial charge in [-0.05, 0) is 156 Å². The highest BCUT2D eigenvalue weighted by molar-refractivity contribution is 5.93. The van der Waals surface area contributed by atoms with Crippen molar-refractivity contribution in [2.45, 2.75) is 30.1 Å². The van der Waals surface area contributed by atoms with E-state index in [1.807, 2.05) is 0 Å². The molecule has 0 bridgehead atoms. The van der Waals surface area contributed by atoms with Crippen LogP contribution in [-0.2, 0) is 16.2 Å². The molecule has 0 atom stereocenters. The topological polar surface area (TPSA) is 6.48 Å². The number of para-hydroxylation sites is 1. The third kappa shape index (κ3) is 6.90. The Balaban J connectivity index is 0.950. The van der Waals surface area contributed by atoms with E-state index in [-0.39, 0.29) is 5.41 Å². The summed E-state index contributed by atoms with van der Waals surface area (Å²) in [5.41, 5.74) is 25.6. The van der Waals surface area contributed by atoms with Crippen LogP contribution in [0, 0.1) is 0 Å². The van der Waals surface area contributed by atoms with Crippen molar-refractivity contribution >= 4 is 34.1 Å². The predicted molar refractivity (Wildman–Crippen MR) is 328 cm³/mol. The smallest absolute Gasteiger partial charge is 0.0714 e. The molecule has 0 aromatic heterocycles. The second kappa shape index (κ2) is 18.2. The van der Waals surface area contributed by atoms with Crippen LogP contribution in [0.25, 0.3) is 33.4 Å². The highest BCUT2D eigenvalue weighted by atomic mass is 15.2. The van der Waals surface area contributed by atoms with Crippen LogP contribution in [-0.4, -0.2) is 0 Å². The molecule has 2 heteroatoms. The Kier molecular flexibility index (Phi) is 10.7. The SMILES string of the molecule is CC1(C)c2ccccc2-c2ccc(N(c3cccc(N(c4ccccc4)c4cccc(C5(c6ccccc6)c6ccccc6-c6ccccc65)c4)c3)c3ccc4c(c3)C(c3ccccc3)(c3ccccc3)c3ccccc3-4)cc21. The Hall–Kier alpha value is -9.76. The minimum Gasteiger partial charge on any atom is -0.310 e. The summed E-state index contributed by atoms with van der Waals surface area (Å²) in [5, 5.41) is 0. The van der Waals surface area contributed by atoms with Crippen molar-refractivity contribution < 1.29 is 0 Å². The zero-order valence-electron chi connectivity index (χ0n) is 44.3. The summed E-state index contributed by atoms with van der Waals surface area (Å²) in [4.78, 5) is 4.94. The summed E-state index contributed by atoms with van der Waals surface area (Å²) in [6.45, 7) is 4.76. The fourth-order valence-electron chi connectivity index (χ4n) is 14.2. The lowest BCUT2D eigenvalue weighted by molar-refractivity contribution is 0.660. The first-order valence-electron chi connectivity index (χ1n) is 27.7. The molecule has 0 saturated carbocycles. The van der Waals surface area contributed by atoms with E-state index in [0.29, 0.717) is 0 Å². The fraction of sp³-hybridized carbons (Fsp3) is 0.0649. The molecule has 79 heavy (non-hydrogen) atoms. The second-order valence-corrected chi connectivity index (χ2v) is 21.9. The van der Waals surface area contributed by atoms with Gasteiger partial charge in [-0.3, -0.25) is 0 Å². The quantitative estimate of drug-likeness (QED) is 0.135. The van der Waals surface area contributed by atoms with E-state index in [9.17, 15) is 0 Å². The minimum atomic E-state index is -0.563. The zero-order valence-corrected chi connectivity index (χ0v) is 44.3. The van der Waals surface area contributed by atoms with Gasteiger partial charge in [0.1, 0.15) is 0 Å². The molecule has 0 heterocycles. The van der Waals surface area contributed by atoms with Crippen molar-refractivity contribution in [1.82, 2.24) is 0 Å². The summed E-state index contributed by atoms with van der Waals surface area (Å²) in [6.07, 6.45) is 0. The number of benzene rings is 12. The molecule has 0 aliphatic heterocycles. The third-order valence-corrected chi connectivity index (χ3v) is 17.6. The number of nitrogens with zero attached hydrogens (tertiary/aromatic N) is 2. The summed E-state index contributed by atoms with van der Waals surface area (Å²) in [7, 11) is 0. The van der Waals surface area contributed by atoms with Crippen molar-refractivity contribution in [1.29, 1.82) is 0 Å². The van der Waals surface area contributed by atoms with Gasteiger partial charge in [0.25, 0.3) is 0 Å². The molecule has 0 radical (unpaired) electrons. The van der Waals surface area contributed by atoms with Crippen molar-refractivity contribution in [3.63, 3.8) is 0 Å². The molecule has 374 valence electrons. The van der Waals surface area contributed by atoms with Crippen LogP contribution in [0.1, 0.15) is 69.5 Å². The van der Waals surface area contributed by atoms with Gasteiger partial charge in [0.2, 0.25) is 0 Å². The highest BCUT2D eigenvalue weighted by Gasteiger charge is 2.48. The number of hydrogen-bond acceptors (Lipinski definition) is 2. The number of rotatable bonds is 10. The molecule has 0 fully saturated rings. The molecule has 15 rings (SSSR count). The molecule has 0 spiro atoms. The molecule has 0 amide bonds. The van der Waals surface area contributed by atoms with Crippen LogP contribution in [0.2, 0.25) is 0 Å². The molecular weight excluding hydrogens is 953 g/mol. The molecule has 0 unspecified atom stereocenters. The number of fused-ring (bicyclic) bond motifs is 9. The Morgan fingerprint density at radius 3 is 1.00 bits per heavy atom. The van der Waals surface area contributed by atoms with Crippen molar-refractivity contribution in [3.05, 3.63) is 359 Å². The first-order chi connectivity index (χ1) is 39.0. The van der Waals surface area contributed by atoms with E-state index in [1.54, 1.807) is 0 Å². The van der Waals surface area contributed by atoms with Gasteiger partial charge in [0.05, 0.1) is 10.8 Å². The van der Waals surface area contributed by atoms with Crippen LogP contribution in [0.5, 0.6) is 0 Å². The van der Waals surface area contributed by atoms with Crippen molar-refractivity contribution in [2.24, 2.45) is 0 Å². The average molecular weight is 1010 g/mol. The monoisotopic (exact) mass is 1010 g/mol. The van der Waals surface area contributed by atoms with E-state index < -0.39 is 10.8 Å². The lowest BCUT2D eigenvalue weighted by atomic mass is 9.67. The van der Waals surface area contributed by atoms with Gasteiger partial charge in [0, 0.05) is 39.5 Å². The van der Waals surface area contributed by atoms with Gasteiger partial charge < -0.3 is 9.80 Å². The van der Waals surface area contributed by atoms with Crippen LogP contribution in [0.3, 0.4) is 0 Å². The van der Waals surface area contributed by atoms with Gasteiger partial charge in [-0.1, -0.05) is 250 Å². The summed E-state index contributed by atoms with van der Waals surface area (Å²) in [5.74, 6) is 0. The normalized spacial score (nSPS) is 14.3. The Morgan fingerprint density at radius 1 is 0.203 bits per heavy atom. The summed E-state index contributed by atoms with van der Waals surface area (Å²) in [6, 6.07) is 113. The van der Waals surface area contributed by atoms with Crippen molar-refractivity contribution in [2.75, 3.05) is 9.80 Å². The van der Waals surface area contributed by atoms with Gasteiger partial charge in [-0.2, -0.15) is 0 Å². The van der Waals surface area contributed by atoms with Crippen LogP contribution in [0.4, 0.5) is 34.1 Å². The first kappa shape index (κ1) is 46.5. The van der Waals surface area contributed by atoms with E-state index in [1.165, 1.54) is 89.0 Å². The van der Waals surface area contributed by atoms with E-state index in [0.717, 1.165) is 34.1 Å². The average Bonchev–Trinajstić information content (AvgIpc) is 3.80. The van der Waals surface area contributed by atoms with Crippen molar-refractivity contribution in [3.8, 4) is 33.4 Å². The molecule has 12 aromatic carbocycles. The first-order valence-corrected chi connectivity index (χ1v) is 27.7. The van der Waals surface area contributed by atoms with E-state index in [2.05, 4.69) is 327 Å². The molecule has 0 saturated heterocycles. The fourth-order valence-corrected chi connectivity index (χ4v) is 14.2. The third-order valence-electron chi connectivity index (χ3n) is 17.6. The molecular formula is C77H56N2. The van der Waals surface area contributed by atoms with Gasteiger partial charge in [0.15, 0.2) is 0 Å². The highest BCUT2D eigenvalue weighted by Crippen LogP contribution is 2.59. The predicted octanol–water partition coefficient (Wildman–Crippen LogP) is 19.7. The lowest BCUT2D eigenvalue weighted by Gasteiger charge is -2.35. The van der Waals surface area contributed by atoms with Gasteiger partial charge >= 0.3 is 0 Å². The minimum absolute atomic E-state index is 0.197. The molecule has 12 aromatic rings. The molecule has 3 aliphatic carbocycles. The second-order valence-electron chi connectivity index (χ2n) is 21.9. The Morgan fingerprint density at radius 2 is 0.506 bits per heavy atom. The van der Waals surface area contributed by atoms with Gasteiger partial charge in [-0.15, -0.1) is 0 Å². The standard InChI is InChI=1S/C77H56N2/c1-75(2)69-41-19-15-37-63(69)67-47-45-61(51-73(67)75)79(62-46-48-68-66-40-18-20-42-70(66)76(74(68)52-62,53-25-7-3-8-26-53)54-27-9-4-10-28-54)60-36-24-35-59(50-60)78(57-32-13-6-14-33-57)58-34-23-31-56(49-58)77(55-29-11-5-12-30-55)71-43-21-16-38-64(71)65-39-17-22-44-72(65)77/h3-52H,1-2H3. The van der Waals surface area contributed by atoms with Crippen LogP contribution < -0.4 is 9.80 Å². The largest absolute Gasteiger partial charge is 0.310 e. The lowest BCUT2D eigenvalue weighted by Crippen LogP contribution is -2.28. The number of anilines is 6. The molecule has 3 aliphatic rings. The zero-order chi connectivity index (χ0) is 52.7. The van der Waals surface area contributed by atoms with E-state index in [4.69, 9.17) is 0 Å². The van der Waals surface area contributed by atoms with Crippen LogP contribution >= 0.6 is 0 Å². The Labute approximate surface area is 463 Å². The Bertz CT molecular complexity index is 4210. The van der Waals surface area contributed by atoms with Gasteiger partial charge in [-0.25, -0.2) is 0 Å². The maximum atomic E-state index is 2.50. The van der Waals surface area contributed by atoms with E-state index >= 15 is 0 Å². The molecule has 0 N–H and O–H groups in total. The maximum absolute atomic E-state index is 2.50. The molecule has 2 nitrogen and oxygen atoms in total. The summed E-state index contributed by atoms with van der Waals surface area (Å²) < 4.78 is 0. The number of hydrogen-bond donors (Lipinski definition) is 0.